The highest BCUT2D eigenvalue weighted by Crippen LogP contribution is 2.39. The number of aromatic nitrogens is 1. The Kier molecular flexibility index (Phi) is 6.50. The van der Waals surface area contributed by atoms with Gasteiger partial charge in [-0.3, -0.25) is 4.98 Å². The largest absolute Gasteiger partial charge is 0.492 e. The summed E-state index contributed by atoms with van der Waals surface area (Å²) in [7, 11) is 0. The molecule has 0 spiro atoms. The molecule has 1 saturated carbocycles. The van der Waals surface area contributed by atoms with Crippen LogP contribution < -0.4 is 10.1 Å². The first-order valence-electron chi connectivity index (χ1n) is 8.55. The Morgan fingerprint density at radius 2 is 2.14 bits per heavy atom. The molecule has 1 aliphatic carbocycles. The molecule has 1 aliphatic rings. The van der Waals surface area contributed by atoms with Crippen molar-refractivity contribution in [1.82, 2.24) is 10.3 Å². The third kappa shape index (κ3) is 4.70. The number of ether oxygens (including phenoxy) is 1. The van der Waals surface area contributed by atoms with E-state index in [4.69, 9.17) is 4.74 Å². The molecule has 0 aliphatic heterocycles. The number of nitrogens with one attached hydrogen (secondary N) is 1. The SMILES string of the molecule is CCCNC(c1cncc(OCCC)c1)C1CCC(C)C1. The molecule has 3 unspecified atom stereocenters. The fourth-order valence-corrected chi connectivity index (χ4v) is 3.31. The van der Waals surface area contributed by atoms with E-state index in [-0.39, 0.29) is 0 Å². The highest BCUT2D eigenvalue weighted by molar-refractivity contribution is 5.26. The minimum atomic E-state index is 0.424. The third-order valence-corrected chi connectivity index (χ3v) is 4.39. The summed E-state index contributed by atoms with van der Waals surface area (Å²) >= 11 is 0. The molecule has 1 fully saturated rings. The quantitative estimate of drug-likeness (QED) is 0.773. The average Bonchev–Trinajstić information content (AvgIpc) is 2.92. The van der Waals surface area contributed by atoms with Crippen LogP contribution in [0.1, 0.15) is 64.5 Å². The molecule has 1 N–H and O–H groups in total. The van der Waals surface area contributed by atoms with Crippen LogP contribution in [0.25, 0.3) is 0 Å². The van der Waals surface area contributed by atoms with E-state index in [2.05, 4.69) is 37.1 Å². The van der Waals surface area contributed by atoms with Crippen molar-refractivity contribution in [2.45, 2.75) is 58.9 Å². The number of rotatable bonds is 8. The zero-order valence-electron chi connectivity index (χ0n) is 13.8. The van der Waals surface area contributed by atoms with Crippen molar-refractivity contribution in [1.29, 1.82) is 0 Å². The first-order chi connectivity index (χ1) is 10.2. The van der Waals surface area contributed by atoms with Gasteiger partial charge in [-0.2, -0.15) is 0 Å². The molecular formula is C18H30N2O. The van der Waals surface area contributed by atoms with Gasteiger partial charge in [-0.15, -0.1) is 0 Å². The fourth-order valence-electron chi connectivity index (χ4n) is 3.31. The maximum atomic E-state index is 5.74. The van der Waals surface area contributed by atoms with Crippen LogP contribution in [0.4, 0.5) is 0 Å². The van der Waals surface area contributed by atoms with Crippen LogP contribution in [0.3, 0.4) is 0 Å². The lowest BCUT2D eigenvalue weighted by molar-refractivity contribution is 0.313. The van der Waals surface area contributed by atoms with E-state index in [0.29, 0.717) is 6.04 Å². The summed E-state index contributed by atoms with van der Waals surface area (Å²) in [6.45, 7) is 8.55. The Morgan fingerprint density at radius 3 is 2.81 bits per heavy atom. The maximum Gasteiger partial charge on any atom is 0.137 e. The van der Waals surface area contributed by atoms with E-state index >= 15 is 0 Å². The van der Waals surface area contributed by atoms with Crippen molar-refractivity contribution in [3.05, 3.63) is 24.0 Å². The molecule has 0 amide bonds. The molecule has 0 bridgehead atoms. The van der Waals surface area contributed by atoms with Crippen molar-refractivity contribution in [3.63, 3.8) is 0 Å². The Balaban J connectivity index is 2.11. The molecule has 0 radical (unpaired) electrons. The number of nitrogens with zero attached hydrogens (tertiary/aromatic N) is 1. The molecule has 0 aromatic carbocycles. The third-order valence-electron chi connectivity index (χ3n) is 4.39. The normalized spacial score (nSPS) is 23.2. The highest BCUT2D eigenvalue weighted by atomic mass is 16.5. The maximum absolute atomic E-state index is 5.74. The lowest BCUT2D eigenvalue weighted by Gasteiger charge is -2.25. The van der Waals surface area contributed by atoms with Gasteiger partial charge in [0, 0.05) is 12.2 Å². The van der Waals surface area contributed by atoms with Crippen molar-refractivity contribution < 1.29 is 4.74 Å². The van der Waals surface area contributed by atoms with Gasteiger partial charge in [-0.1, -0.05) is 27.2 Å². The standard InChI is InChI=1S/C18H30N2O/c1-4-8-20-18(15-7-6-14(3)10-15)16-11-17(13-19-12-16)21-9-5-2/h11-15,18,20H,4-10H2,1-3H3. The van der Waals surface area contributed by atoms with Gasteiger partial charge in [0.15, 0.2) is 0 Å². The molecule has 21 heavy (non-hydrogen) atoms. The Hall–Kier alpha value is -1.09. The molecule has 2 rings (SSSR count). The summed E-state index contributed by atoms with van der Waals surface area (Å²) in [4.78, 5) is 4.39. The molecule has 3 nitrogen and oxygen atoms in total. The van der Waals surface area contributed by atoms with Crippen LogP contribution in [-0.4, -0.2) is 18.1 Å². The van der Waals surface area contributed by atoms with Crippen LogP contribution in [-0.2, 0) is 0 Å². The average molecular weight is 290 g/mol. The second-order valence-corrected chi connectivity index (χ2v) is 6.41. The number of hydrogen-bond donors (Lipinski definition) is 1. The van der Waals surface area contributed by atoms with Gasteiger partial charge >= 0.3 is 0 Å². The zero-order chi connectivity index (χ0) is 15.1. The lowest BCUT2D eigenvalue weighted by Crippen LogP contribution is -2.28. The molecule has 1 aromatic rings. The smallest absolute Gasteiger partial charge is 0.137 e. The van der Waals surface area contributed by atoms with Gasteiger partial charge in [-0.05, 0) is 55.7 Å². The molecular weight excluding hydrogens is 260 g/mol. The molecule has 118 valence electrons. The summed E-state index contributed by atoms with van der Waals surface area (Å²) in [6.07, 6.45) is 10.0. The highest BCUT2D eigenvalue weighted by Gasteiger charge is 2.29. The summed E-state index contributed by atoms with van der Waals surface area (Å²) in [5.74, 6) is 2.49. The van der Waals surface area contributed by atoms with Gasteiger partial charge in [0.1, 0.15) is 5.75 Å². The van der Waals surface area contributed by atoms with Gasteiger partial charge in [0.05, 0.1) is 12.8 Å². The second-order valence-electron chi connectivity index (χ2n) is 6.41. The minimum absolute atomic E-state index is 0.424. The lowest BCUT2D eigenvalue weighted by atomic mass is 9.91. The van der Waals surface area contributed by atoms with Gasteiger partial charge in [-0.25, -0.2) is 0 Å². The molecule has 0 saturated heterocycles. The van der Waals surface area contributed by atoms with Crippen LogP contribution >= 0.6 is 0 Å². The first kappa shape index (κ1) is 16.3. The van der Waals surface area contributed by atoms with E-state index in [1.165, 1.54) is 24.8 Å². The van der Waals surface area contributed by atoms with E-state index < -0.39 is 0 Å². The number of pyridine rings is 1. The second kappa shape index (κ2) is 8.38. The summed E-state index contributed by atoms with van der Waals surface area (Å²) < 4.78 is 5.74. The van der Waals surface area contributed by atoms with Crippen molar-refractivity contribution in [3.8, 4) is 5.75 Å². The monoisotopic (exact) mass is 290 g/mol. The van der Waals surface area contributed by atoms with E-state index in [9.17, 15) is 0 Å². The molecule has 1 heterocycles. The fraction of sp³-hybridized carbons (Fsp3) is 0.722. The van der Waals surface area contributed by atoms with E-state index in [1.807, 2.05) is 12.4 Å². The van der Waals surface area contributed by atoms with Crippen LogP contribution in [0.2, 0.25) is 0 Å². The van der Waals surface area contributed by atoms with Gasteiger partial charge in [0.2, 0.25) is 0 Å². The predicted molar refractivity (Wildman–Crippen MR) is 87.6 cm³/mol. The summed E-state index contributed by atoms with van der Waals surface area (Å²) in [5, 5.41) is 3.74. The van der Waals surface area contributed by atoms with Crippen LogP contribution in [0, 0.1) is 11.8 Å². The van der Waals surface area contributed by atoms with E-state index in [0.717, 1.165) is 43.6 Å². The van der Waals surface area contributed by atoms with Crippen molar-refractivity contribution in [2.24, 2.45) is 11.8 Å². The van der Waals surface area contributed by atoms with Gasteiger partial charge < -0.3 is 10.1 Å². The number of hydrogen-bond acceptors (Lipinski definition) is 3. The molecule has 3 heteroatoms. The Morgan fingerprint density at radius 1 is 1.29 bits per heavy atom. The summed E-state index contributed by atoms with van der Waals surface area (Å²) in [6, 6.07) is 2.60. The van der Waals surface area contributed by atoms with E-state index in [1.54, 1.807) is 0 Å². The predicted octanol–water partition coefficient (Wildman–Crippen LogP) is 4.35. The minimum Gasteiger partial charge on any atom is -0.492 e. The molecule has 3 atom stereocenters. The zero-order valence-corrected chi connectivity index (χ0v) is 13.8. The Bertz CT molecular complexity index is 421. The first-order valence-corrected chi connectivity index (χ1v) is 8.55. The van der Waals surface area contributed by atoms with Gasteiger partial charge in [0.25, 0.3) is 0 Å². The Labute approximate surface area is 129 Å². The molecule has 1 aromatic heterocycles. The van der Waals surface area contributed by atoms with Crippen LogP contribution in [0.15, 0.2) is 18.5 Å². The summed E-state index contributed by atoms with van der Waals surface area (Å²) in [5.41, 5.74) is 1.29. The topological polar surface area (TPSA) is 34.2 Å². The van der Waals surface area contributed by atoms with Crippen molar-refractivity contribution in [2.75, 3.05) is 13.2 Å². The van der Waals surface area contributed by atoms with Crippen LogP contribution in [0.5, 0.6) is 5.75 Å². The van der Waals surface area contributed by atoms with Crippen molar-refractivity contribution >= 4 is 0 Å².